The van der Waals surface area contributed by atoms with E-state index in [0.717, 1.165) is 12.1 Å². The highest BCUT2D eigenvalue weighted by Crippen LogP contribution is 2.29. The van der Waals surface area contributed by atoms with Crippen molar-refractivity contribution in [1.82, 2.24) is 0 Å². The molecule has 0 heterocycles. The third-order valence-corrected chi connectivity index (χ3v) is 3.58. The Kier molecular flexibility index (Phi) is 5.13. The number of hydrogen-bond acceptors (Lipinski definition) is 3. The molecule has 9 heteroatoms. The molecule has 0 spiro atoms. The van der Waals surface area contributed by atoms with E-state index in [1.807, 2.05) is 0 Å². The molecule has 0 aliphatic carbocycles. The van der Waals surface area contributed by atoms with Crippen molar-refractivity contribution in [2.45, 2.75) is 6.18 Å². The number of anilines is 2. The van der Waals surface area contributed by atoms with Gasteiger partial charge < -0.3 is 15.7 Å². The monoisotopic (exact) mass is 402 g/mol. The lowest BCUT2D eigenvalue weighted by molar-refractivity contribution is -0.0885. The molecule has 0 bridgehead atoms. The molecular formula is C15H10BrF3N2O3. The first-order chi connectivity index (χ1) is 11.2. The highest BCUT2D eigenvalue weighted by atomic mass is 79.9. The minimum Gasteiger partial charge on any atom is -0.506 e. The number of urea groups is 1. The molecule has 5 nitrogen and oxygen atoms in total. The molecule has 2 amide bonds. The lowest BCUT2D eigenvalue weighted by Crippen LogP contribution is -2.23. The molecule has 0 aromatic heterocycles. The largest absolute Gasteiger partial charge is 0.506 e. The number of hydrogen-bond donors (Lipinski definition) is 3. The van der Waals surface area contributed by atoms with E-state index >= 15 is 0 Å². The molecule has 24 heavy (non-hydrogen) atoms. The Morgan fingerprint density at radius 1 is 1.00 bits per heavy atom. The van der Waals surface area contributed by atoms with E-state index < -0.39 is 29.3 Å². The molecule has 2 aromatic rings. The fourth-order valence-corrected chi connectivity index (χ4v) is 2.16. The Balaban J connectivity index is 2.12. The molecule has 0 atom stereocenters. The smallest absolute Gasteiger partial charge is 0.454 e. The summed E-state index contributed by atoms with van der Waals surface area (Å²) in [6.07, 6.45) is -5.04. The van der Waals surface area contributed by atoms with Gasteiger partial charge in [0.05, 0.1) is 11.4 Å². The minimum absolute atomic E-state index is 0.140. The molecule has 0 saturated heterocycles. The van der Waals surface area contributed by atoms with Gasteiger partial charge in [-0.2, -0.15) is 13.2 Å². The topological polar surface area (TPSA) is 78.4 Å². The quantitative estimate of drug-likeness (QED) is 0.520. The van der Waals surface area contributed by atoms with Crippen LogP contribution in [0.2, 0.25) is 0 Å². The van der Waals surface area contributed by atoms with Gasteiger partial charge in [-0.05, 0) is 46.3 Å². The summed E-state index contributed by atoms with van der Waals surface area (Å²) < 4.78 is 37.6. The Labute approximate surface area is 142 Å². The zero-order valence-corrected chi connectivity index (χ0v) is 13.4. The average molecular weight is 403 g/mol. The summed E-state index contributed by atoms with van der Waals surface area (Å²) in [5, 5.41) is 14.5. The van der Waals surface area contributed by atoms with Gasteiger partial charge in [-0.25, -0.2) is 4.79 Å². The van der Waals surface area contributed by atoms with Crippen LogP contribution < -0.4 is 10.6 Å². The summed E-state index contributed by atoms with van der Waals surface area (Å²) in [6, 6.07) is 8.55. The number of alkyl halides is 3. The summed E-state index contributed by atoms with van der Waals surface area (Å²) in [5.41, 5.74) is -0.409. The van der Waals surface area contributed by atoms with Crippen molar-refractivity contribution in [1.29, 1.82) is 0 Å². The number of ketones is 1. The van der Waals surface area contributed by atoms with Gasteiger partial charge in [-0.15, -0.1) is 0 Å². The first kappa shape index (κ1) is 17.8. The summed E-state index contributed by atoms with van der Waals surface area (Å²) in [7, 11) is 0. The fraction of sp³-hybridized carbons (Fsp3) is 0.0667. The number of nitrogens with one attached hydrogen (secondary N) is 2. The second-order valence-electron chi connectivity index (χ2n) is 4.62. The highest BCUT2D eigenvalue weighted by molar-refractivity contribution is 9.10. The molecule has 0 saturated carbocycles. The predicted molar refractivity (Wildman–Crippen MR) is 85.3 cm³/mol. The highest BCUT2D eigenvalue weighted by Gasteiger charge is 2.39. The molecule has 3 N–H and O–H groups in total. The lowest BCUT2D eigenvalue weighted by Gasteiger charge is -2.11. The molecule has 0 fully saturated rings. The van der Waals surface area contributed by atoms with E-state index in [0.29, 0.717) is 16.2 Å². The van der Waals surface area contributed by atoms with Crippen LogP contribution in [0, 0.1) is 0 Å². The van der Waals surface area contributed by atoms with Gasteiger partial charge >= 0.3 is 12.2 Å². The number of carbonyl (C=O) groups is 2. The summed E-state index contributed by atoms with van der Waals surface area (Å²) in [4.78, 5) is 23.0. The maximum Gasteiger partial charge on any atom is 0.454 e. The van der Waals surface area contributed by atoms with Crippen LogP contribution in [-0.4, -0.2) is 23.1 Å². The molecule has 2 aromatic carbocycles. The van der Waals surface area contributed by atoms with Gasteiger partial charge in [0.1, 0.15) is 5.75 Å². The second kappa shape index (κ2) is 6.91. The van der Waals surface area contributed by atoms with Gasteiger partial charge in [-0.3, -0.25) is 4.79 Å². The van der Waals surface area contributed by atoms with Gasteiger partial charge in [-0.1, -0.05) is 12.1 Å². The van der Waals surface area contributed by atoms with Crippen molar-refractivity contribution in [3.05, 3.63) is 52.5 Å². The third kappa shape index (κ3) is 4.25. The van der Waals surface area contributed by atoms with Gasteiger partial charge in [0.15, 0.2) is 0 Å². The van der Waals surface area contributed by atoms with Crippen molar-refractivity contribution in [3.63, 3.8) is 0 Å². The van der Waals surface area contributed by atoms with Crippen LogP contribution in [-0.2, 0) is 0 Å². The number of benzene rings is 2. The number of carbonyl (C=O) groups excluding carboxylic acids is 2. The summed E-state index contributed by atoms with van der Waals surface area (Å²) >= 11 is 3.23. The maximum absolute atomic E-state index is 12.3. The Bertz CT molecular complexity index is 794. The SMILES string of the molecule is O=C(Nc1ccc(C(=O)C(F)(F)F)cc1O)Nc1ccccc1Br. The normalized spacial score (nSPS) is 11.0. The number of halogens is 4. The number of Topliss-reactive ketones (excluding diaryl/α,β-unsaturated/α-hetero) is 1. The van der Waals surface area contributed by atoms with Crippen molar-refractivity contribution in [2.75, 3.05) is 10.6 Å². The number of phenolic OH excluding ortho intramolecular Hbond substituents is 1. The van der Waals surface area contributed by atoms with Crippen LogP contribution >= 0.6 is 15.9 Å². The number of phenols is 1. The van der Waals surface area contributed by atoms with Crippen LogP contribution in [0.3, 0.4) is 0 Å². The lowest BCUT2D eigenvalue weighted by atomic mass is 10.1. The van der Waals surface area contributed by atoms with Crippen LogP contribution in [0.15, 0.2) is 46.9 Å². The molecule has 0 radical (unpaired) electrons. The molecule has 2 rings (SSSR count). The van der Waals surface area contributed by atoms with Crippen LogP contribution in [0.5, 0.6) is 5.75 Å². The third-order valence-electron chi connectivity index (χ3n) is 2.89. The predicted octanol–water partition coefficient (Wildman–Crippen LogP) is 4.54. The van der Waals surface area contributed by atoms with E-state index in [2.05, 4.69) is 26.6 Å². The van der Waals surface area contributed by atoms with Crippen molar-refractivity contribution in [3.8, 4) is 5.75 Å². The summed E-state index contributed by atoms with van der Waals surface area (Å²) in [5.74, 6) is -2.74. The number of amides is 2. The first-order valence-corrected chi connectivity index (χ1v) is 7.25. The van der Waals surface area contributed by atoms with Crippen molar-refractivity contribution in [2.24, 2.45) is 0 Å². The molecular weight excluding hydrogens is 393 g/mol. The Morgan fingerprint density at radius 2 is 1.62 bits per heavy atom. The van der Waals surface area contributed by atoms with Gasteiger partial charge in [0, 0.05) is 10.0 Å². The summed E-state index contributed by atoms with van der Waals surface area (Å²) in [6.45, 7) is 0. The first-order valence-electron chi connectivity index (χ1n) is 6.45. The Hall–Kier alpha value is -2.55. The zero-order valence-electron chi connectivity index (χ0n) is 11.8. The molecule has 126 valence electrons. The number of rotatable bonds is 3. The van der Waals surface area contributed by atoms with Gasteiger partial charge in [0.2, 0.25) is 0 Å². The van der Waals surface area contributed by atoms with Gasteiger partial charge in [0.25, 0.3) is 5.78 Å². The van der Waals surface area contributed by atoms with E-state index in [-0.39, 0.29) is 5.69 Å². The minimum atomic E-state index is -5.04. The maximum atomic E-state index is 12.3. The number of para-hydroxylation sites is 1. The van der Waals surface area contributed by atoms with Crippen LogP contribution in [0.1, 0.15) is 10.4 Å². The van der Waals surface area contributed by atoms with Crippen LogP contribution in [0.4, 0.5) is 29.3 Å². The zero-order chi connectivity index (χ0) is 17.9. The molecule has 0 aliphatic heterocycles. The Morgan fingerprint density at radius 3 is 2.21 bits per heavy atom. The van der Waals surface area contributed by atoms with E-state index in [1.54, 1.807) is 24.3 Å². The standard InChI is InChI=1S/C15H10BrF3N2O3/c16-9-3-1-2-4-10(9)20-14(24)21-11-6-5-8(7-12(11)22)13(23)15(17,18)19/h1-7,22H,(H2,20,21,24). The molecule has 0 aliphatic rings. The van der Waals surface area contributed by atoms with Crippen molar-refractivity contribution < 1.29 is 27.9 Å². The van der Waals surface area contributed by atoms with E-state index in [1.165, 1.54) is 0 Å². The number of aromatic hydroxyl groups is 1. The van der Waals surface area contributed by atoms with E-state index in [9.17, 15) is 27.9 Å². The van der Waals surface area contributed by atoms with Crippen molar-refractivity contribution >= 4 is 39.1 Å². The fourth-order valence-electron chi connectivity index (χ4n) is 1.78. The molecule has 0 unspecified atom stereocenters. The van der Waals surface area contributed by atoms with E-state index in [4.69, 9.17) is 0 Å². The average Bonchev–Trinajstić information content (AvgIpc) is 2.50. The second-order valence-corrected chi connectivity index (χ2v) is 5.47. The van der Waals surface area contributed by atoms with Crippen LogP contribution in [0.25, 0.3) is 0 Å².